The molecule has 6 nitrogen and oxygen atoms in total. The van der Waals surface area contributed by atoms with Crippen LogP contribution in [-0.2, 0) is 7.05 Å². The predicted octanol–water partition coefficient (Wildman–Crippen LogP) is 2.01. The molecule has 1 amide bonds. The van der Waals surface area contributed by atoms with Crippen LogP contribution in [0.4, 0.5) is 5.69 Å². The van der Waals surface area contributed by atoms with E-state index in [4.69, 9.17) is 10.5 Å². The molecular formula is C15H20N4O2. The number of aryl methyl sites for hydroxylation is 2. The first kappa shape index (κ1) is 14.9. The highest BCUT2D eigenvalue weighted by molar-refractivity contribution is 5.94. The van der Waals surface area contributed by atoms with Crippen molar-refractivity contribution in [2.45, 2.75) is 19.9 Å². The molecule has 1 heterocycles. The van der Waals surface area contributed by atoms with E-state index in [1.54, 1.807) is 30.0 Å². The Morgan fingerprint density at radius 3 is 2.71 bits per heavy atom. The summed E-state index contributed by atoms with van der Waals surface area (Å²) < 4.78 is 7.09. The first-order valence-electron chi connectivity index (χ1n) is 6.67. The smallest absolute Gasteiger partial charge is 0.248 e. The van der Waals surface area contributed by atoms with Gasteiger partial charge in [-0.3, -0.25) is 9.48 Å². The minimum atomic E-state index is -0.467. The van der Waals surface area contributed by atoms with Gasteiger partial charge >= 0.3 is 0 Å². The number of nitrogens with one attached hydrogen (secondary N) is 1. The van der Waals surface area contributed by atoms with Crippen LogP contribution in [0, 0.1) is 6.92 Å². The molecule has 0 fully saturated rings. The van der Waals surface area contributed by atoms with Crippen molar-refractivity contribution in [3.05, 3.63) is 41.2 Å². The first-order chi connectivity index (χ1) is 9.92. The lowest BCUT2D eigenvalue weighted by Gasteiger charge is -2.17. The monoisotopic (exact) mass is 288 g/mol. The van der Waals surface area contributed by atoms with Crippen molar-refractivity contribution in [2.24, 2.45) is 12.8 Å². The Kier molecular flexibility index (Phi) is 4.16. The second-order valence-electron chi connectivity index (χ2n) is 4.99. The predicted molar refractivity (Wildman–Crippen MR) is 81.5 cm³/mol. The normalized spacial score (nSPS) is 12.0. The summed E-state index contributed by atoms with van der Waals surface area (Å²) in [5, 5.41) is 7.67. The molecule has 0 aliphatic carbocycles. The maximum Gasteiger partial charge on any atom is 0.248 e. The van der Waals surface area contributed by atoms with Gasteiger partial charge in [0.2, 0.25) is 5.91 Å². The van der Waals surface area contributed by atoms with Crippen molar-refractivity contribution >= 4 is 11.6 Å². The van der Waals surface area contributed by atoms with Gasteiger partial charge < -0.3 is 15.8 Å². The zero-order valence-corrected chi connectivity index (χ0v) is 12.7. The van der Waals surface area contributed by atoms with Gasteiger partial charge in [-0.2, -0.15) is 5.10 Å². The zero-order chi connectivity index (χ0) is 15.6. The van der Waals surface area contributed by atoms with Gasteiger partial charge in [-0.05, 0) is 32.0 Å². The molecule has 0 saturated heterocycles. The van der Waals surface area contributed by atoms with Gasteiger partial charge in [0.1, 0.15) is 5.75 Å². The van der Waals surface area contributed by atoms with Crippen molar-refractivity contribution in [1.82, 2.24) is 9.78 Å². The van der Waals surface area contributed by atoms with Crippen LogP contribution in [0.3, 0.4) is 0 Å². The third-order valence-electron chi connectivity index (χ3n) is 3.37. The summed E-state index contributed by atoms with van der Waals surface area (Å²) in [6.45, 7) is 3.99. The van der Waals surface area contributed by atoms with E-state index in [9.17, 15) is 4.79 Å². The Bertz CT molecular complexity index is 664. The summed E-state index contributed by atoms with van der Waals surface area (Å²) >= 11 is 0. The summed E-state index contributed by atoms with van der Waals surface area (Å²) in [5.41, 5.74) is 8.54. The highest BCUT2D eigenvalue weighted by Gasteiger charge is 2.15. The molecule has 1 aromatic carbocycles. The quantitative estimate of drug-likeness (QED) is 0.881. The van der Waals surface area contributed by atoms with Gasteiger partial charge in [0, 0.05) is 24.4 Å². The number of nitrogens with two attached hydrogens (primary N) is 1. The van der Waals surface area contributed by atoms with Gasteiger partial charge in [-0.1, -0.05) is 0 Å². The first-order valence-corrected chi connectivity index (χ1v) is 6.67. The number of rotatable bonds is 5. The second-order valence-corrected chi connectivity index (χ2v) is 4.99. The highest BCUT2D eigenvalue weighted by atomic mass is 16.5. The van der Waals surface area contributed by atoms with E-state index in [0.29, 0.717) is 11.3 Å². The number of hydrogen-bond donors (Lipinski definition) is 2. The molecule has 1 aromatic heterocycles. The molecule has 0 saturated carbocycles. The van der Waals surface area contributed by atoms with Crippen molar-refractivity contribution in [2.75, 3.05) is 12.4 Å². The molecule has 2 rings (SSSR count). The average molecular weight is 288 g/mol. The maximum absolute atomic E-state index is 11.3. The number of ether oxygens (including phenoxy) is 1. The van der Waals surface area contributed by atoms with E-state index in [1.165, 1.54) is 0 Å². The van der Waals surface area contributed by atoms with Crippen molar-refractivity contribution in [1.29, 1.82) is 0 Å². The molecule has 2 aromatic rings. The zero-order valence-electron chi connectivity index (χ0n) is 12.7. The van der Waals surface area contributed by atoms with Crippen LogP contribution in [0.5, 0.6) is 5.75 Å². The molecule has 0 bridgehead atoms. The summed E-state index contributed by atoms with van der Waals surface area (Å²) in [6, 6.07) is 5.09. The van der Waals surface area contributed by atoms with Crippen LogP contribution in [0.15, 0.2) is 24.4 Å². The summed E-state index contributed by atoms with van der Waals surface area (Å²) in [4.78, 5) is 11.3. The molecule has 0 aliphatic rings. The summed E-state index contributed by atoms with van der Waals surface area (Å²) in [6.07, 6.45) is 1.97. The molecule has 0 radical (unpaired) electrons. The molecule has 1 atom stereocenters. The van der Waals surface area contributed by atoms with Gasteiger partial charge in [0.15, 0.2) is 0 Å². The Morgan fingerprint density at radius 1 is 1.48 bits per heavy atom. The number of primary amides is 1. The maximum atomic E-state index is 11.3. The van der Waals surface area contributed by atoms with Crippen molar-refractivity contribution in [3.8, 4) is 5.75 Å². The fraction of sp³-hybridized carbons (Fsp3) is 0.333. The topological polar surface area (TPSA) is 82.2 Å². The number of aromatic nitrogens is 2. The van der Waals surface area contributed by atoms with Gasteiger partial charge in [0.05, 0.1) is 24.5 Å². The lowest BCUT2D eigenvalue weighted by atomic mass is 10.1. The molecule has 3 N–H and O–H groups in total. The Hall–Kier alpha value is -2.50. The molecule has 6 heteroatoms. The number of amides is 1. The van der Waals surface area contributed by atoms with Crippen LogP contribution in [0.1, 0.15) is 34.6 Å². The summed E-state index contributed by atoms with van der Waals surface area (Å²) in [5.74, 6) is 0.194. The third kappa shape index (κ3) is 3.16. The van der Waals surface area contributed by atoms with Crippen molar-refractivity contribution in [3.63, 3.8) is 0 Å². The number of hydrogen-bond acceptors (Lipinski definition) is 4. The lowest BCUT2D eigenvalue weighted by molar-refractivity contribution is 0.100. The number of carbonyl (C=O) groups is 1. The molecule has 112 valence electrons. The van der Waals surface area contributed by atoms with Crippen LogP contribution in [0.2, 0.25) is 0 Å². The Morgan fingerprint density at radius 2 is 2.19 bits per heavy atom. The fourth-order valence-electron chi connectivity index (χ4n) is 2.33. The van der Waals surface area contributed by atoms with E-state index in [2.05, 4.69) is 10.4 Å². The minimum absolute atomic E-state index is 0.0238. The van der Waals surface area contributed by atoms with Crippen LogP contribution < -0.4 is 15.8 Å². The Balaban J connectivity index is 2.31. The largest absolute Gasteiger partial charge is 0.495 e. The van der Waals surface area contributed by atoms with Gasteiger partial charge in [-0.25, -0.2) is 0 Å². The Labute approximate surface area is 123 Å². The number of benzene rings is 1. The SMILES string of the molecule is COc1ccc(C(N)=O)cc1NC(C)c1cn(C)nc1C. The lowest BCUT2D eigenvalue weighted by Crippen LogP contribution is -2.13. The van der Waals surface area contributed by atoms with Crippen LogP contribution in [-0.4, -0.2) is 22.8 Å². The van der Waals surface area contributed by atoms with E-state index in [-0.39, 0.29) is 6.04 Å². The molecule has 0 aliphatic heterocycles. The van der Waals surface area contributed by atoms with E-state index in [1.807, 2.05) is 27.1 Å². The highest BCUT2D eigenvalue weighted by Crippen LogP contribution is 2.29. The second kappa shape index (κ2) is 5.87. The molecule has 21 heavy (non-hydrogen) atoms. The number of nitrogens with zero attached hydrogens (tertiary/aromatic N) is 2. The number of anilines is 1. The van der Waals surface area contributed by atoms with E-state index >= 15 is 0 Å². The number of methoxy groups -OCH3 is 1. The van der Waals surface area contributed by atoms with Gasteiger partial charge in [0.25, 0.3) is 0 Å². The number of carbonyl (C=O) groups excluding carboxylic acids is 1. The standard InChI is InChI=1S/C15H20N4O2/c1-9(12-8-19(3)18-10(12)2)17-13-7-11(15(16)20)5-6-14(13)21-4/h5-9,17H,1-4H3,(H2,16,20). The molecule has 1 unspecified atom stereocenters. The molecule has 0 spiro atoms. The fourth-order valence-corrected chi connectivity index (χ4v) is 2.33. The molecular weight excluding hydrogens is 268 g/mol. The van der Waals surface area contributed by atoms with Crippen molar-refractivity contribution < 1.29 is 9.53 Å². The minimum Gasteiger partial charge on any atom is -0.495 e. The van der Waals surface area contributed by atoms with Gasteiger partial charge in [-0.15, -0.1) is 0 Å². The van der Waals surface area contributed by atoms with E-state index in [0.717, 1.165) is 16.9 Å². The third-order valence-corrected chi connectivity index (χ3v) is 3.37. The van der Waals surface area contributed by atoms with Crippen LogP contribution >= 0.6 is 0 Å². The van der Waals surface area contributed by atoms with Crippen LogP contribution in [0.25, 0.3) is 0 Å². The van der Waals surface area contributed by atoms with E-state index < -0.39 is 5.91 Å². The average Bonchev–Trinajstić information content (AvgIpc) is 2.77. The summed E-state index contributed by atoms with van der Waals surface area (Å²) in [7, 11) is 3.47.